The second kappa shape index (κ2) is 7.91. The highest BCUT2D eigenvalue weighted by Gasteiger charge is 2.36. The Bertz CT molecular complexity index is 814. The molecule has 150 valence electrons. The lowest BCUT2D eigenvalue weighted by molar-refractivity contribution is -0.137. The Morgan fingerprint density at radius 1 is 1.18 bits per heavy atom. The van der Waals surface area contributed by atoms with Gasteiger partial charge in [0.05, 0.1) is 12.1 Å². The molecule has 2 aromatic rings. The van der Waals surface area contributed by atoms with Gasteiger partial charge < -0.3 is 14.3 Å². The zero-order chi connectivity index (χ0) is 19.7. The van der Waals surface area contributed by atoms with Gasteiger partial charge in [0.25, 0.3) is 0 Å². The van der Waals surface area contributed by atoms with E-state index in [1.165, 1.54) is 12.1 Å². The highest BCUT2D eigenvalue weighted by Crippen LogP contribution is 2.32. The first-order chi connectivity index (χ1) is 13.5. The van der Waals surface area contributed by atoms with Crippen molar-refractivity contribution < 1.29 is 13.7 Å². The van der Waals surface area contributed by atoms with E-state index in [0.29, 0.717) is 0 Å². The van der Waals surface area contributed by atoms with Gasteiger partial charge in [0, 0.05) is 44.5 Å². The van der Waals surface area contributed by atoms with Crippen molar-refractivity contribution in [1.29, 1.82) is 0 Å². The van der Waals surface area contributed by atoms with Gasteiger partial charge in [-0.25, -0.2) is 4.39 Å². The first-order valence-electron chi connectivity index (χ1n) is 10.0. The van der Waals surface area contributed by atoms with Crippen LogP contribution in [0.4, 0.5) is 10.1 Å². The maximum absolute atomic E-state index is 13.2. The van der Waals surface area contributed by atoms with Gasteiger partial charge in [-0.1, -0.05) is 5.16 Å². The minimum Gasteiger partial charge on any atom is -0.369 e. The normalized spacial score (nSPS) is 21.9. The standard InChI is InChI=1S/C21H27FN4O2/c1-15-14-19(23-28-15)20-4-3-9-26(20)21(27)16(2)24-10-12-25(13-11-24)18-7-5-17(22)6-8-18/h5-8,14,16,20H,3-4,9-13H2,1-2H3. The van der Waals surface area contributed by atoms with E-state index >= 15 is 0 Å². The number of aryl methyl sites for hydroxylation is 1. The molecule has 2 unspecified atom stereocenters. The second-order valence-corrected chi connectivity index (χ2v) is 7.73. The molecule has 2 atom stereocenters. The van der Waals surface area contributed by atoms with E-state index in [4.69, 9.17) is 4.52 Å². The Morgan fingerprint density at radius 3 is 2.54 bits per heavy atom. The summed E-state index contributed by atoms with van der Waals surface area (Å²) in [7, 11) is 0. The lowest BCUT2D eigenvalue weighted by Crippen LogP contribution is -2.54. The van der Waals surface area contributed by atoms with Crippen molar-refractivity contribution in [3.05, 3.63) is 47.6 Å². The van der Waals surface area contributed by atoms with Gasteiger partial charge >= 0.3 is 0 Å². The largest absolute Gasteiger partial charge is 0.369 e. The number of hydrogen-bond acceptors (Lipinski definition) is 5. The lowest BCUT2D eigenvalue weighted by Gasteiger charge is -2.40. The Kier molecular flexibility index (Phi) is 5.35. The third-order valence-electron chi connectivity index (χ3n) is 5.93. The number of halogens is 1. The molecular formula is C21H27FN4O2. The number of anilines is 1. The van der Waals surface area contributed by atoms with E-state index in [2.05, 4.69) is 15.0 Å². The molecule has 3 heterocycles. The Hall–Kier alpha value is -2.41. The Labute approximate surface area is 164 Å². The maximum atomic E-state index is 13.2. The number of piperazine rings is 1. The number of carbonyl (C=O) groups is 1. The van der Waals surface area contributed by atoms with Gasteiger partial charge in [-0.2, -0.15) is 0 Å². The molecule has 6 nitrogen and oxygen atoms in total. The van der Waals surface area contributed by atoms with Crippen LogP contribution >= 0.6 is 0 Å². The zero-order valence-corrected chi connectivity index (χ0v) is 16.5. The number of nitrogens with zero attached hydrogens (tertiary/aromatic N) is 4. The molecular weight excluding hydrogens is 359 g/mol. The summed E-state index contributed by atoms with van der Waals surface area (Å²) >= 11 is 0. The van der Waals surface area contributed by atoms with Crippen LogP contribution in [0.15, 0.2) is 34.9 Å². The quantitative estimate of drug-likeness (QED) is 0.809. The summed E-state index contributed by atoms with van der Waals surface area (Å²) in [6.07, 6.45) is 1.93. The minimum atomic E-state index is -0.218. The number of carbonyl (C=O) groups excluding carboxylic acids is 1. The van der Waals surface area contributed by atoms with Gasteiger partial charge in [0.15, 0.2) is 0 Å². The molecule has 0 bridgehead atoms. The van der Waals surface area contributed by atoms with Crippen LogP contribution < -0.4 is 4.90 Å². The number of hydrogen-bond donors (Lipinski definition) is 0. The van der Waals surface area contributed by atoms with Crippen LogP contribution in [0, 0.1) is 12.7 Å². The average molecular weight is 386 g/mol. The molecule has 2 aliphatic rings. The van der Waals surface area contributed by atoms with Crippen molar-refractivity contribution in [3.8, 4) is 0 Å². The number of aromatic nitrogens is 1. The summed E-state index contributed by atoms with van der Waals surface area (Å²) in [6, 6.07) is 8.40. The molecule has 0 saturated carbocycles. The molecule has 0 N–H and O–H groups in total. The first kappa shape index (κ1) is 18.9. The van der Waals surface area contributed by atoms with E-state index in [1.54, 1.807) is 0 Å². The smallest absolute Gasteiger partial charge is 0.240 e. The molecule has 0 aliphatic carbocycles. The van der Waals surface area contributed by atoms with Crippen LogP contribution in [0.3, 0.4) is 0 Å². The third kappa shape index (κ3) is 3.76. The van der Waals surface area contributed by atoms with Crippen LogP contribution in [0.2, 0.25) is 0 Å². The number of rotatable bonds is 4. The number of amides is 1. The summed E-state index contributed by atoms with van der Waals surface area (Å²) in [6.45, 7) is 7.93. The SMILES string of the molecule is Cc1cc(C2CCCN2C(=O)C(C)N2CCN(c3ccc(F)cc3)CC2)no1. The Morgan fingerprint density at radius 2 is 1.89 bits per heavy atom. The fraction of sp³-hybridized carbons (Fsp3) is 0.524. The summed E-state index contributed by atoms with van der Waals surface area (Å²) in [5, 5.41) is 4.14. The van der Waals surface area contributed by atoms with Gasteiger partial charge in [-0.05, 0) is 51.0 Å². The van der Waals surface area contributed by atoms with Crippen molar-refractivity contribution in [2.45, 2.75) is 38.8 Å². The molecule has 1 aromatic carbocycles. The van der Waals surface area contributed by atoms with Crippen molar-refractivity contribution >= 4 is 11.6 Å². The van der Waals surface area contributed by atoms with Crippen molar-refractivity contribution in [2.24, 2.45) is 0 Å². The monoisotopic (exact) mass is 386 g/mol. The van der Waals surface area contributed by atoms with Gasteiger partial charge in [-0.3, -0.25) is 9.69 Å². The Balaban J connectivity index is 1.37. The van der Waals surface area contributed by atoms with E-state index in [0.717, 1.165) is 62.7 Å². The zero-order valence-electron chi connectivity index (χ0n) is 16.5. The van der Waals surface area contributed by atoms with Crippen molar-refractivity contribution in [3.63, 3.8) is 0 Å². The second-order valence-electron chi connectivity index (χ2n) is 7.73. The highest BCUT2D eigenvalue weighted by molar-refractivity contribution is 5.82. The van der Waals surface area contributed by atoms with E-state index in [1.807, 2.05) is 36.9 Å². The molecule has 2 fully saturated rings. The topological polar surface area (TPSA) is 52.8 Å². The average Bonchev–Trinajstić information content (AvgIpc) is 3.36. The summed E-state index contributed by atoms with van der Waals surface area (Å²) < 4.78 is 18.4. The molecule has 1 aromatic heterocycles. The fourth-order valence-corrected chi connectivity index (χ4v) is 4.30. The van der Waals surface area contributed by atoms with Crippen molar-refractivity contribution in [2.75, 3.05) is 37.6 Å². The lowest BCUT2D eigenvalue weighted by atomic mass is 10.1. The van der Waals surface area contributed by atoms with Gasteiger partial charge in [0.1, 0.15) is 17.3 Å². The van der Waals surface area contributed by atoms with E-state index < -0.39 is 0 Å². The molecule has 0 spiro atoms. The molecule has 2 saturated heterocycles. The maximum Gasteiger partial charge on any atom is 0.240 e. The molecule has 1 amide bonds. The van der Waals surface area contributed by atoms with E-state index in [-0.39, 0.29) is 23.8 Å². The van der Waals surface area contributed by atoms with Crippen LogP contribution in [0.1, 0.15) is 37.3 Å². The predicted octanol–water partition coefficient (Wildman–Crippen LogP) is 3.00. The molecule has 4 rings (SSSR count). The van der Waals surface area contributed by atoms with E-state index in [9.17, 15) is 9.18 Å². The van der Waals surface area contributed by atoms with Crippen LogP contribution in [0.5, 0.6) is 0 Å². The summed E-state index contributed by atoms with van der Waals surface area (Å²) in [5.74, 6) is 0.724. The minimum absolute atomic E-state index is 0.0212. The summed E-state index contributed by atoms with van der Waals surface area (Å²) in [5.41, 5.74) is 1.89. The fourth-order valence-electron chi connectivity index (χ4n) is 4.30. The summed E-state index contributed by atoms with van der Waals surface area (Å²) in [4.78, 5) is 19.6. The third-order valence-corrected chi connectivity index (χ3v) is 5.93. The highest BCUT2D eigenvalue weighted by atomic mass is 19.1. The number of likely N-dealkylation sites (tertiary alicyclic amines) is 1. The molecule has 28 heavy (non-hydrogen) atoms. The van der Waals surface area contributed by atoms with Crippen LogP contribution in [-0.4, -0.2) is 59.6 Å². The van der Waals surface area contributed by atoms with Crippen molar-refractivity contribution in [1.82, 2.24) is 15.0 Å². The molecule has 2 aliphatic heterocycles. The number of benzene rings is 1. The van der Waals surface area contributed by atoms with Gasteiger partial charge in [0.2, 0.25) is 5.91 Å². The van der Waals surface area contributed by atoms with Crippen LogP contribution in [0.25, 0.3) is 0 Å². The predicted molar refractivity (Wildman–Crippen MR) is 105 cm³/mol. The van der Waals surface area contributed by atoms with Gasteiger partial charge in [-0.15, -0.1) is 0 Å². The van der Waals surface area contributed by atoms with Crippen LogP contribution in [-0.2, 0) is 4.79 Å². The molecule has 7 heteroatoms. The first-order valence-corrected chi connectivity index (χ1v) is 10.0. The molecule has 0 radical (unpaired) electrons.